The van der Waals surface area contributed by atoms with Crippen molar-refractivity contribution in [2.75, 3.05) is 6.61 Å². The number of carbonyl (C=O) groups is 2. The van der Waals surface area contributed by atoms with E-state index >= 15 is 0 Å². The number of nitrogens with zero attached hydrogens (tertiary/aromatic N) is 1. The topological polar surface area (TPSA) is 72.1 Å². The van der Waals surface area contributed by atoms with Gasteiger partial charge in [-0.3, -0.25) is 9.59 Å². The van der Waals surface area contributed by atoms with Crippen molar-refractivity contribution < 1.29 is 14.3 Å². The third-order valence-corrected chi connectivity index (χ3v) is 5.78. The first-order valence-electron chi connectivity index (χ1n) is 7.95. The molecule has 0 aliphatic rings. The third kappa shape index (κ3) is 4.11. The lowest BCUT2D eigenvalue weighted by atomic mass is 10.1. The van der Waals surface area contributed by atoms with Crippen LogP contribution in [0.15, 0.2) is 40.2 Å². The average Bonchev–Trinajstić information content (AvgIpc) is 3.21. The summed E-state index contributed by atoms with van der Waals surface area (Å²) < 4.78 is 5.70. The summed E-state index contributed by atoms with van der Waals surface area (Å²) in [5.74, 6) is -0.225. The number of nitrogens with one attached hydrogen (secondary N) is 1. The molecule has 25 heavy (non-hydrogen) atoms. The molecule has 1 atom stereocenters. The standard InChI is InChI=1S/C18H18N2O3S2/c1-3-23-16(21)8-12-10-24-18(20-12)25-11(2)17(22)14-9-19-15-7-5-4-6-13(14)15/h4-7,9-11,19H,3,8H2,1-2H3. The lowest BCUT2D eigenvalue weighted by Crippen LogP contribution is -2.13. The van der Waals surface area contributed by atoms with Gasteiger partial charge in [-0.05, 0) is 19.9 Å². The van der Waals surface area contributed by atoms with Crippen LogP contribution in [0.1, 0.15) is 29.9 Å². The molecule has 7 heteroatoms. The molecule has 1 N–H and O–H groups in total. The molecule has 0 bridgehead atoms. The normalized spacial score (nSPS) is 12.2. The molecule has 0 aliphatic carbocycles. The summed E-state index contributed by atoms with van der Waals surface area (Å²) in [6.07, 6.45) is 1.92. The van der Waals surface area contributed by atoms with Crippen LogP contribution in [-0.4, -0.2) is 33.6 Å². The van der Waals surface area contributed by atoms with E-state index in [4.69, 9.17) is 4.74 Å². The number of ketones is 1. The molecule has 0 aliphatic heterocycles. The monoisotopic (exact) mass is 374 g/mol. The summed E-state index contributed by atoms with van der Waals surface area (Å²) in [7, 11) is 0. The van der Waals surface area contributed by atoms with E-state index in [0.29, 0.717) is 17.9 Å². The van der Waals surface area contributed by atoms with Gasteiger partial charge < -0.3 is 9.72 Å². The highest BCUT2D eigenvalue weighted by molar-refractivity contribution is 8.02. The van der Waals surface area contributed by atoms with E-state index in [0.717, 1.165) is 15.2 Å². The van der Waals surface area contributed by atoms with Crippen molar-refractivity contribution in [1.29, 1.82) is 0 Å². The number of carbonyl (C=O) groups excluding carboxylic acids is 2. The maximum Gasteiger partial charge on any atom is 0.311 e. The van der Waals surface area contributed by atoms with Crippen molar-refractivity contribution in [3.8, 4) is 0 Å². The first-order valence-corrected chi connectivity index (χ1v) is 9.71. The Morgan fingerprint density at radius 1 is 1.36 bits per heavy atom. The molecule has 5 nitrogen and oxygen atoms in total. The molecule has 3 rings (SSSR count). The van der Waals surface area contributed by atoms with Gasteiger partial charge in [0.1, 0.15) is 0 Å². The van der Waals surface area contributed by atoms with Gasteiger partial charge in [-0.15, -0.1) is 11.3 Å². The van der Waals surface area contributed by atoms with Crippen molar-refractivity contribution >= 4 is 45.8 Å². The van der Waals surface area contributed by atoms with Gasteiger partial charge in [-0.2, -0.15) is 0 Å². The van der Waals surface area contributed by atoms with Crippen molar-refractivity contribution in [2.45, 2.75) is 29.9 Å². The summed E-state index contributed by atoms with van der Waals surface area (Å²) in [6, 6.07) is 7.75. The Labute approximate surface area is 153 Å². The summed E-state index contributed by atoms with van der Waals surface area (Å²) in [6.45, 7) is 4.01. The number of para-hydroxylation sites is 1. The quantitative estimate of drug-likeness (QED) is 0.383. The highest BCUT2D eigenvalue weighted by Gasteiger charge is 2.21. The SMILES string of the molecule is CCOC(=O)Cc1csc(SC(C)C(=O)c2c[nH]c3ccccc23)n1. The Hall–Kier alpha value is -2.12. The molecule has 0 saturated carbocycles. The summed E-state index contributed by atoms with van der Waals surface area (Å²) in [4.78, 5) is 31.8. The van der Waals surface area contributed by atoms with Gasteiger partial charge in [0.2, 0.25) is 0 Å². The van der Waals surface area contributed by atoms with Gasteiger partial charge in [0, 0.05) is 28.0 Å². The van der Waals surface area contributed by atoms with Crippen LogP contribution in [0.3, 0.4) is 0 Å². The number of fused-ring (bicyclic) bond motifs is 1. The Morgan fingerprint density at radius 2 is 2.16 bits per heavy atom. The molecular formula is C18H18N2O3S2. The Balaban J connectivity index is 1.68. The lowest BCUT2D eigenvalue weighted by molar-refractivity contribution is -0.142. The fourth-order valence-electron chi connectivity index (χ4n) is 2.48. The van der Waals surface area contributed by atoms with Gasteiger partial charge in [0.25, 0.3) is 0 Å². The van der Waals surface area contributed by atoms with Gasteiger partial charge in [-0.1, -0.05) is 30.0 Å². The number of thioether (sulfide) groups is 1. The largest absolute Gasteiger partial charge is 0.466 e. The average molecular weight is 374 g/mol. The maximum atomic E-state index is 12.8. The Bertz CT molecular complexity index is 901. The Morgan fingerprint density at radius 3 is 2.96 bits per heavy atom. The number of rotatable bonds is 7. The minimum absolute atomic E-state index is 0.0598. The van der Waals surface area contributed by atoms with Crippen molar-refractivity contribution in [2.24, 2.45) is 0 Å². The van der Waals surface area contributed by atoms with Crippen LogP contribution in [0.5, 0.6) is 0 Å². The molecule has 0 spiro atoms. The van der Waals surface area contributed by atoms with Gasteiger partial charge in [-0.25, -0.2) is 4.98 Å². The molecular weight excluding hydrogens is 356 g/mol. The predicted molar refractivity (Wildman–Crippen MR) is 100 cm³/mol. The number of H-pyrrole nitrogens is 1. The first-order chi connectivity index (χ1) is 12.1. The number of esters is 1. The van der Waals surface area contributed by atoms with Crippen LogP contribution in [0.2, 0.25) is 0 Å². The molecule has 0 saturated heterocycles. The van der Waals surface area contributed by atoms with Gasteiger partial charge in [0.05, 0.1) is 24.0 Å². The third-order valence-electron chi connectivity index (χ3n) is 3.66. The second kappa shape index (κ2) is 7.84. The van der Waals surface area contributed by atoms with Crippen LogP contribution < -0.4 is 0 Å². The van der Waals surface area contributed by atoms with Crippen LogP contribution in [0, 0.1) is 0 Å². The predicted octanol–water partition coefficient (Wildman–Crippen LogP) is 4.09. The maximum absolute atomic E-state index is 12.8. The fraction of sp³-hybridized carbons (Fsp3) is 0.278. The molecule has 3 aromatic rings. The highest BCUT2D eigenvalue weighted by Crippen LogP contribution is 2.30. The number of hydrogen-bond donors (Lipinski definition) is 1. The fourth-order valence-corrected chi connectivity index (χ4v) is 4.53. The number of Topliss-reactive ketones (excluding diaryl/α,β-unsaturated/α-hetero) is 1. The molecule has 0 fully saturated rings. The van der Waals surface area contributed by atoms with E-state index in [1.54, 1.807) is 13.1 Å². The van der Waals surface area contributed by atoms with E-state index in [-0.39, 0.29) is 23.4 Å². The molecule has 1 unspecified atom stereocenters. The summed E-state index contributed by atoms with van der Waals surface area (Å²) in [5, 5.41) is 2.50. The van der Waals surface area contributed by atoms with Crippen molar-refractivity contribution in [3.63, 3.8) is 0 Å². The van der Waals surface area contributed by atoms with E-state index < -0.39 is 0 Å². The van der Waals surface area contributed by atoms with Crippen LogP contribution in [0.4, 0.5) is 0 Å². The van der Waals surface area contributed by atoms with Crippen molar-refractivity contribution in [1.82, 2.24) is 9.97 Å². The molecule has 0 amide bonds. The minimum atomic E-state index is -0.285. The van der Waals surface area contributed by atoms with E-state index in [1.807, 2.05) is 36.6 Å². The second-order valence-electron chi connectivity index (χ2n) is 5.46. The van der Waals surface area contributed by atoms with Crippen LogP contribution in [-0.2, 0) is 16.0 Å². The van der Waals surface area contributed by atoms with Crippen LogP contribution in [0.25, 0.3) is 10.9 Å². The zero-order chi connectivity index (χ0) is 17.8. The van der Waals surface area contributed by atoms with Gasteiger partial charge >= 0.3 is 5.97 Å². The number of thiazole rings is 1. The number of hydrogen-bond acceptors (Lipinski definition) is 6. The highest BCUT2D eigenvalue weighted by atomic mass is 32.2. The summed E-state index contributed by atoms with van der Waals surface area (Å²) in [5.41, 5.74) is 2.32. The lowest BCUT2D eigenvalue weighted by Gasteiger charge is -2.07. The molecule has 0 radical (unpaired) electrons. The number of aromatic nitrogens is 2. The number of aromatic amines is 1. The molecule has 2 heterocycles. The molecule has 130 valence electrons. The van der Waals surface area contributed by atoms with E-state index in [2.05, 4.69) is 9.97 Å². The zero-order valence-electron chi connectivity index (χ0n) is 13.9. The number of ether oxygens (including phenoxy) is 1. The minimum Gasteiger partial charge on any atom is -0.466 e. The molecule has 2 aromatic heterocycles. The molecule has 1 aromatic carbocycles. The number of benzene rings is 1. The van der Waals surface area contributed by atoms with Gasteiger partial charge in [0.15, 0.2) is 10.1 Å². The summed E-state index contributed by atoms with van der Waals surface area (Å²) >= 11 is 2.85. The van der Waals surface area contributed by atoms with E-state index in [9.17, 15) is 9.59 Å². The second-order valence-corrected chi connectivity index (χ2v) is 7.90. The van der Waals surface area contributed by atoms with Crippen molar-refractivity contribution in [3.05, 3.63) is 47.1 Å². The first kappa shape index (κ1) is 17.7. The van der Waals surface area contributed by atoms with Crippen LogP contribution >= 0.6 is 23.1 Å². The zero-order valence-corrected chi connectivity index (χ0v) is 15.6. The smallest absolute Gasteiger partial charge is 0.311 e. The van der Waals surface area contributed by atoms with E-state index in [1.165, 1.54) is 23.1 Å². The Kier molecular flexibility index (Phi) is 5.55.